The Balaban J connectivity index is 1.73. The quantitative estimate of drug-likeness (QED) is 0.411. The van der Waals surface area contributed by atoms with E-state index in [0.29, 0.717) is 20.9 Å². The minimum Gasteiger partial charge on any atom is -0.480 e. The van der Waals surface area contributed by atoms with E-state index < -0.39 is 18.0 Å². The van der Waals surface area contributed by atoms with Crippen molar-refractivity contribution in [2.24, 2.45) is 7.05 Å². The van der Waals surface area contributed by atoms with Gasteiger partial charge in [0, 0.05) is 18.9 Å². The monoisotopic (exact) mass is 459 g/mol. The van der Waals surface area contributed by atoms with E-state index in [9.17, 15) is 9.59 Å². The van der Waals surface area contributed by atoms with Crippen LogP contribution in [0.5, 0.6) is 5.75 Å². The topological polar surface area (TPSA) is 93.5 Å². The van der Waals surface area contributed by atoms with Crippen molar-refractivity contribution in [2.45, 2.75) is 11.4 Å². The maximum atomic E-state index is 12.2. The molecule has 1 saturated heterocycles. The molecule has 7 nitrogen and oxygen atoms in total. The molecule has 1 aromatic heterocycles. The summed E-state index contributed by atoms with van der Waals surface area (Å²) in [6.45, 7) is 0. The molecule has 0 spiro atoms. The molecule has 126 valence electrons. The van der Waals surface area contributed by atoms with Gasteiger partial charge in [0.1, 0.15) is 21.2 Å². The van der Waals surface area contributed by atoms with Crippen LogP contribution < -0.4 is 10.1 Å². The molecule has 2 aromatic rings. The summed E-state index contributed by atoms with van der Waals surface area (Å²) in [4.78, 5) is 23.3. The summed E-state index contributed by atoms with van der Waals surface area (Å²) >= 11 is 3.54. The molecule has 0 amide bonds. The molecule has 24 heavy (non-hydrogen) atoms. The van der Waals surface area contributed by atoms with E-state index >= 15 is 0 Å². The molecule has 0 aliphatic carbocycles. The van der Waals surface area contributed by atoms with Crippen LogP contribution in [-0.4, -0.2) is 38.6 Å². The summed E-state index contributed by atoms with van der Waals surface area (Å²) in [5.74, 6) is -0.439. The lowest BCUT2D eigenvalue weighted by molar-refractivity contribution is -0.138. The van der Waals surface area contributed by atoms with Crippen molar-refractivity contribution in [1.29, 1.82) is 0 Å². The van der Waals surface area contributed by atoms with Crippen molar-refractivity contribution in [2.75, 3.05) is 5.75 Å². The van der Waals surface area contributed by atoms with Gasteiger partial charge in [0.25, 0.3) is 0 Å². The predicted octanol–water partition coefficient (Wildman–Crippen LogP) is 2.03. The Bertz CT molecular complexity index is 795. The van der Waals surface area contributed by atoms with Crippen LogP contribution in [0.3, 0.4) is 0 Å². The summed E-state index contributed by atoms with van der Waals surface area (Å²) in [7, 11) is 1.68. The third kappa shape index (κ3) is 3.73. The van der Waals surface area contributed by atoms with E-state index in [-0.39, 0.29) is 5.37 Å². The molecule has 2 heterocycles. The molecule has 1 fully saturated rings. The highest BCUT2D eigenvalue weighted by molar-refractivity contribution is 14.1. The van der Waals surface area contributed by atoms with Crippen molar-refractivity contribution < 1.29 is 19.4 Å². The lowest BCUT2D eigenvalue weighted by Crippen LogP contribution is -2.33. The summed E-state index contributed by atoms with van der Waals surface area (Å²) in [6, 6.07) is 8.17. The van der Waals surface area contributed by atoms with Gasteiger partial charge in [0.2, 0.25) is 0 Å². The average Bonchev–Trinajstić information content (AvgIpc) is 3.14. The van der Waals surface area contributed by atoms with E-state index in [2.05, 4.69) is 10.4 Å². The number of halogens is 1. The number of nitrogens with zero attached hydrogens (tertiary/aromatic N) is 2. The van der Waals surface area contributed by atoms with Crippen molar-refractivity contribution >= 4 is 46.3 Å². The maximum absolute atomic E-state index is 12.2. The van der Waals surface area contributed by atoms with Crippen molar-refractivity contribution in [1.82, 2.24) is 15.1 Å². The number of esters is 1. The molecule has 0 bridgehead atoms. The first kappa shape index (κ1) is 17.2. The number of hydrogen-bond acceptors (Lipinski definition) is 6. The largest absolute Gasteiger partial charge is 0.480 e. The number of carboxylic acids is 1. The first-order chi connectivity index (χ1) is 11.4. The summed E-state index contributed by atoms with van der Waals surface area (Å²) < 4.78 is 7.59. The fourth-order valence-corrected chi connectivity index (χ4v) is 4.17. The Labute approximate surface area is 155 Å². The van der Waals surface area contributed by atoms with E-state index in [4.69, 9.17) is 9.84 Å². The Kier molecular flexibility index (Phi) is 5.11. The van der Waals surface area contributed by atoms with E-state index in [0.717, 1.165) is 5.56 Å². The van der Waals surface area contributed by atoms with Gasteiger partial charge >= 0.3 is 11.9 Å². The highest BCUT2D eigenvalue weighted by atomic mass is 127. The van der Waals surface area contributed by atoms with E-state index in [1.165, 1.54) is 16.4 Å². The number of aromatic nitrogens is 2. The second-order valence-corrected chi connectivity index (χ2v) is 7.45. The van der Waals surface area contributed by atoms with Crippen molar-refractivity contribution in [3.05, 3.63) is 45.3 Å². The second kappa shape index (κ2) is 7.11. The van der Waals surface area contributed by atoms with E-state index in [1.807, 2.05) is 28.7 Å². The minimum atomic E-state index is -0.863. The summed E-state index contributed by atoms with van der Waals surface area (Å²) in [5, 5.41) is 16.1. The zero-order valence-electron chi connectivity index (χ0n) is 12.6. The van der Waals surface area contributed by atoms with Gasteiger partial charge in [-0.25, -0.2) is 4.79 Å². The van der Waals surface area contributed by atoms with Gasteiger partial charge in [0.05, 0.1) is 5.37 Å². The van der Waals surface area contributed by atoms with Gasteiger partial charge in [-0.05, 0) is 40.3 Å². The van der Waals surface area contributed by atoms with Crippen LogP contribution in [0.25, 0.3) is 0 Å². The Hall–Kier alpha value is -1.59. The van der Waals surface area contributed by atoms with Crippen molar-refractivity contribution in [3.8, 4) is 5.75 Å². The zero-order chi connectivity index (χ0) is 17.3. The van der Waals surface area contributed by atoms with Crippen LogP contribution in [0.4, 0.5) is 0 Å². The molecular formula is C15H14IN3O4S. The number of carbonyl (C=O) groups is 2. The van der Waals surface area contributed by atoms with Gasteiger partial charge in [-0.2, -0.15) is 5.10 Å². The number of rotatable bonds is 4. The molecule has 0 radical (unpaired) electrons. The zero-order valence-corrected chi connectivity index (χ0v) is 15.6. The number of ether oxygens (including phenoxy) is 1. The normalized spacial score (nSPS) is 20.1. The SMILES string of the molecule is Cn1nc(I)cc1C(=O)Oc1cccc([C@@H]2N[C@H](C(=O)O)CS2)c1. The number of thioether (sulfide) groups is 1. The maximum Gasteiger partial charge on any atom is 0.362 e. The second-order valence-electron chi connectivity index (χ2n) is 5.21. The summed E-state index contributed by atoms with van der Waals surface area (Å²) in [6.07, 6.45) is 0. The molecule has 2 atom stereocenters. The number of aliphatic carboxylic acids is 1. The first-order valence-electron chi connectivity index (χ1n) is 7.06. The van der Waals surface area contributed by atoms with Crippen LogP contribution in [0.2, 0.25) is 0 Å². The lowest BCUT2D eigenvalue weighted by Gasteiger charge is -2.12. The number of benzene rings is 1. The molecule has 1 aromatic carbocycles. The molecular weight excluding hydrogens is 445 g/mol. The van der Waals surface area contributed by atoms with Gasteiger partial charge < -0.3 is 9.84 Å². The van der Waals surface area contributed by atoms with Crippen LogP contribution in [-0.2, 0) is 11.8 Å². The molecule has 0 unspecified atom stereocenters. The van der Waals surface area contributed by atoms with E-state index in [1.54, 1.807) is 31.3 Å². The number of carbonyl (C=O) groups excluding carboxylic acids is 1. The first-order valence-corrected chi connectivity index (χ1v) is 9.19. The van der Waals surface area contributed by atoms with Crippen LogP contribution in [0.1, 0.15) is 21.4 Å². The molecule has 9 heteroatoms. The highest BCUT2D eigenvalue weighted by Gasteiger charge is 2.30. The highest BCUT2D eigenvalue weighted by Crippen LogP contribution is 2.34. The molecule has 0 saturated carbocycles. The fraction of sp³-hybridized carbons (Fsp3) is 0.267. The lowest BCUT2D eigenvalue weighted by atomic mass is 10.2. The number of hydrogen-bond donors (Lipinski definition) is 2. The molecule has 2 N–H and O–H groups in total. The molecule has 3 rings (SSSR count). The third-order valence-corrected chi connectivity index (χ3v) is 5.31. The third-order valence-electron chi connectivity index (χ3n) is 3.51. The van der Waals surface area contributed by atoms with Crippen LogP contribution >= 0.6 is 34.4 Å². The number of aryl methyl sites for hydroxylation is 1. The smallest absolute Gasteiger partial charge is 0.362 e. The summed E-state index contributed by atoms with van der Waals surface area (Å²) in [5.41, 5.74) is 1.23. The molecule has 1 aliphatic rings. The van der Waals surface area contributed by atoms with Crippen LogP contribution in [0, 0.1) is 3.70 Å². The Morgan fingerprint density at radius 2 is 2.25 bits per heavy atom. The molecule has 1 aliphatic heterocycles. The fourth-order valence-electron chi connectivity index (χ4n) is 2.33. The number of carboxylic acid groups (broad SMARTS) is 1. The van der Waals surface area contributed by atoms with Gasteiger partial charge in [-0.1, -0.05) is 12.1 Å². The van der Waals surface area contributed by atoms with Crippen molar-refractivity contribution in [3.63, 3.8) is 0 Å². The van der Waals surface area contributed by atoms with Gasteiger partial charge in [-0.3, -0.25) is 14.8 Å². The minimum absolute atomic E-state index is 0.137. The van der Waals surface area contributed by atoms with Gasteiger partial charge in [-0.15, -0.1) is 11.8 Å². The standard InChI is InChI=1S/C15H14IN3O4S/c1-19-11(6-12(16)18-19)15(22)23-9-4-2-3-8(5-9)13-17-10(7-24-13)14(20)21/h2-6,10,13,17H,7H2,1H3,(H,20,21)/t10-,13+/m0/s1. The van der Waals surface area contributed by atoms with Gasteiger partial charge in [0.15, 0.2) is 0 Å². The Morgan fingerprint density at radius 1 is 1.46 bits per heavy atom. The Morgan fingerprint density at radius 3 is 2.88 bits per heavy atom. The van der Waals surface area contributed by atoms with Crippen LogP contribution in [0.15, 0.2) is 30.3 Å². The number of nitrogens with one attached hydrogen (secondary N) is 1. The predicted molar refractivity (Wildman–Crippen MR) is 97.1 cm³/mol. The average molecular weight is 459 g/mol.